The number of imide groups is 1. The van der Waals surface area contributed by atoms with Crippen molar-refractivity contribution in [3.8, 4) is 0 Å². The van der Waals surface area contributed by atoms with E-state index in [-0.39, 0.29) is 34.6 Å². The van der Waals surface area contributed by atoms with Gasteiger partial charge in [0.25, 0.3) is 11.8 Å². The SMILES string of the molecule is Cc1cc2c(cc1C1(c3ccc(CN4C(=O)C=CC4=O)cn3)CC1)C(C)(C)CCC2(C)C. The van der Waals surface area contributed by atoms with Crippen molar-refractivity contribution in [2.45, 2.75) is 83.1 Å². The van der Waals surface area contributed by atoms with Crippen molar-refractivity contribution in [1.29, 1.82) is 0 Å². The minimum atomic E-state index is -0.257. The van der Waals surface area contributed by atoms with Crippen LogP contribution in [0.5, 0.6) is 0 Å². The van der Waals surface area contributed by atoms with Crippen LogP contribution < -0.4 is 0 Å². The van der Waals surface area contributed by atoms with Crippen LogP contribution in [0.4, 0.5) is 0 Å². The molecule has 0 radical (unpaired) electrons. The Morgan fingerprint density at radius 1 is 0.844 bits per heavy atom. The average molecular weight is 429 g/mol. The number of hydrogen-bond acceptors (Lipinski definition) is 3. The highest BCUT2D eigenvalue weighted by molar-refractivity contribution is 6.12. The second kappa shape index (κ2) is 6.87. The zero-order valence-corrected chi connectivity index (χ0v) is 19.8. The lowest BCUT2D eigenvalue weighted by Gasteiger charge is -2.43. The number of benzene rings is 1. The fourth-order valence-electron chi connectivity index (χ4n) is 5.60. The van der Waals surface area contributed by atoms with E-state index in [1.54, 1.807) is 0 Å². The average Bonchev–Trinajstić information content (AvgIpc) is 3.49. The topological polar surface area (TPSA) is 50.3 Å². The van der Waals surface area contributed by atoms with E-state index in [9.17, 15) is 9.59 Å². The minimum absolute atomic E-state index is 0.0177. The molecule has 0 bridgehead atoms. The second-order valence-electron chi connectivity index (χ2n) is 11.2. The third-order valence-electron chi connectivity index (χ3n) is 8.02. The fraction of sp³-hybridized carbons (Fsp3) is 0.464. The molecule has 0 unspecified atom stereocenters. The summed E-state index contributed by atoms with van der Waals surface area (Å²) in [5.74, 6) is -0.513. The van der Waals surface area contributed by atoms with Crippen molar-refractivity contribution in [1.82, 2.24) is 9.88 Å². The van der Waals surface area contributed by atoms with Crippen LogP contribution in [0.15, 0.2) is 42.6 Å². The number of aromatic nitrogens is 1. The fourth-order valence-corrected chi connectivity index (χ4v) is 5.60. The normalized spacial score (nSPS) is 22.2. The Hall–Kier alpha value is -2.75. The Labute approximate surface area is 190 Å². The molecular formula is C28H32N2O2. The molecule has 1 aromatic carbocycles. The van der Waals surface area contributed by atoms with Crippen LogP contribution in [0.2, 0.25) is 0 Å². The quantitative estimate of drug-likeness (QED) is 0.626. The first-order chi connectivity index (χ1) is 15.0. The van der Waals surface area contributed by atoms with Gasteiger partial charge in [0.2, 0.25) is 0 Å². The monoisotopic (exact) mass is 428 g/mol. The van der Waals surface area contributed by atoms with Gasteiger partial charge in [0.05, 0.1) is 12.2 Å². The molecule has 1 saturated carbocycles. The van der Waals surface area contributed by atoms with Gasteiger partial charge in [0.1, 0.15) is 0 Å². The van der Waals surface area contributed by atoms with Crippen LogP contribution in [0.3, 0.4) is 0 Å². The summed E-state index contributed by atoms with van der Waals surface area (Å²) < 4.78 is 0. The molecule has 0 spiro atoms. The zero-order valence-electron chi connectivity index (χ0n) is 19.8. The van der Waals surface area contributed by atoms with Gasteiger partial charge in [-0.1, -0.05) is 45.9 Å². The molecule has 0 saturated heterocycles. The summed E-state index contributed by atoms with van der Waals surface area (Å²) in [5, 5.41) is 0. The Kier molecular flexibility index (Phi) is 4.53. The van der Waals surface area contributed by atoms with E-state index in [0.29, 0.717) is 0 Å². The van der Waals surface area contributed by atoms with E-state index in [0.717, 1.165) is 24.1 Å². The van der Waals surface area contributed by atoms with Crippen molar-refractivity contribution < 1.29 is 9.59 Å². The molecule has 5 rings (SSSR count). The summed E-state index contributed by atoms with van der Waals surface area (Å²) in [4.78, 5) is 29.8. The third kappa shape index (κ3) is 3.23. The Bertz CT molecular complexity index is 1130. The van der Waals surface area contributed by atoms with E-state index >= 15 is 0 Å². The minimum Gasteiger partial charge on any atom is -0.271 e. The van der Waals surface area contributed by atoms with Crippen LogP contribution in [0.25, 0.3) is 0 Å². The summed E-state index contributed by atoms with van der Waals surface area (Å²) in [5.41, 5.74) is 8.12. The summed E-state index contributed by atoms with van der Waals surface area (Å²) in [6.07, 6.45) is 9.12. The summed E-state index contributed by atoms with van der Waals surface area (Å²) in [6, 6.07) is 9.04. The number of hydrogen-bond donors (Lipinski definition) is 0. The zero-order chi connectivity index (χ0) is 22.9. The van der Waals surface area contributed by atoms with Gasteiger partial charge in [0, 0.05) is 23.8 Å². The summed E-state index contributed by atoms with van der Waals surface area (Å²) >= 11 is 0. The lowest BCUT2D eigenvalue weighted by molar-refractivity contribution is -0.137. The van der Waals surface area contributed by atoms with Gasteiger partial charge < -0.3 is 0 Å². The number of rotatable bonds is 4. The van der Waals surface area contributed by atoms with Gasteiger partial charge in [-0.25, -0.2) is 0 Å². The van der Waals surface area contributed by atoms with E-state index in [1.165, 1.54) is 52.1 Å². The maximum absolute atomic E-state index is 11.9. The first-order valence-corrected chi connectivity index (χ1v) is 11.7. The Morgan fingerprint density at radius 2 is 1.44 bits per heavy atom. The first-order valence-electron chi connectivity index (χ1n) is 11.7. The molecule has 4 nitrogen and oxygen atoms in total. The van der Waals surface area contributed by atoms with Crippen LogP contribution in [-0.2, 0) is 32.4 Å². The van der Waals surface area contributed by atoms with Crippen LogP contribution in [0, 0.1) is 6.92 Å². The van der Waals surface area contributed by atoms with E-state index in [4.69, 9.17) is 4.98 Å². The molecule has 2 aliphatic carbocycles. The van der Waals surface area contributed by atoms with Crippen molar-refractivity contribution >= 4 is 11.8 Å². The molecule has 4 heteroatoms. The first kappa shape index (κ1) is 21.1. The van der Waals surface area contributed by atoms with E-state index in [1.807, 2.05) is 12.3 Å². The van der Waals surface area contributed by atoms with Gasteiger partial charge in [-0.3, -0.25) is 19.5 Å². The van der Waals surface area contributed by atoms with Crippen molar-refractivity contribution in [2.75, 3.05) is 0 Å². The molecule has 3 aliphatic rings. The molecular weight excluding hydrogens is 396 g/mol. The number of carbonyl (C=O) groups is 2. The number of amides is 2. The second-order valence-corrected chi connectivity index (χ2v) is 11.2. The van der Waals surface area contributed by atoms with Crippen LogP contribution in [0.1, 0.15) is 86.9 Å². The highest BCUT2D eigenvalue weighted by Gasteiger charge is 2.49. The Morgan fingerprint density at radius 3 is 1.97 bits per heavy atom. The van der Waals surface area contributed by atoms with E-state index in [2.05, 4.69) is 52.8 Å². The molecule has 2 amide bonds. The number of fused-ring (bicyclic) bond motifs is 1. The number of nitrogens with zero attached hydrogens (tertiary/aromatic N) is 2. The molecule has 0 atom stereocenters. The number of aryl methyl sites for hydroxylation is 1. The highest BCUT2D eigenvalue weighted by atomic mass is 16.2. The number of carbonyl (C=O) groups excluding carboxylic acids is 2. The van der Waals surface area contributed by atoms with Crippen molar-refractivity contribution in [2.24, 2.45) is 0 Å². The molecule has 2 aromatic rings. The van der Waals surface area contributed by atoms with Gasteiger partial charge >= 0.3 is 0 Å². The van der Waals surface area contributed by atoms with Crippen LogP contribution >= 0.6 is 0 Å². The highest BCUT2D eigenvalue weighted by Crippen LogP contribution is 2.56. The lowest BCUT2D eigenvalue weighted by Crippen LogP contribution is -2.34. The smallest absolute Gasteiger partial charge is 0.253 e. The maximum Gasteiger partial charge on any atom is 0.253 e. The molecule has 1 aromatic heterocycles. The molecule has 166 valence electrons. The van der Waals surface area contributed by atoms with Gasteiger partial charge in [-0.2, -0.15) is 0 Å². The molecule has 32 heavy (non-hydrogen) atoms. The largest absolute Gasteiger partial charge is 0.271 e. The molecule has 2 heterocycles. The Balaban J connectivity index is 1.48. The van der Waals surface area contributed by atoms with Crippen molar-refractivity contribution in [3.63, 3.8) is 0 Å². The summed E-state index contributed by atoms with van der Waals surface area (Å²) in [6.45, 7) is 12.0. The predicted molar refractivity (Wildman–Crippen MR) is 125 cm³/mol. The number of pyridine rings is 1. The standard InChI is InChI=1S/C28H32N2O2/c1-18-14-21-22(27(4,5)11-10-26(21,2)3)15-20(18)28(12-13-28)23-7-6-19(16-29-23)17-30-24(31)8-9-25(30)32/h6-9,14-16H,10-13,17H2,1-5H3. The summed E-state index contributed by atoms with van der Waals surface area (Å²) in [7, 11) is 0. The van der Waals surface area contributed by atoms with Crippen LogP contribution in [-0.4, -0.2) is 21.7 Å². The van der Waals surface area contributed by atoms with Gasteiger partial charge in [0.15, 0.2) is 0 Å². The van der Waals surface area contributed by atoms with E-state index < -0.39 is 0 Å². The maximum atomic E-state index is 11.9. The predicted octanol–water partition coefficient (Wildman–Crippen LogP) is 5.24. The molecule has 1 fully saturated rings. The molecule has 0 N–H and O–H groups in total. The van der Waals surface area contributed by atoms with Gasteiger partial charge in [-0.15, -0.1) is 0 Å². The third-order valence-corrected chi connectivity index (χ3v) is 8.02. The molecule has 1 aliphatic heterocycles. The van der Waals surface area contributed by atoms with Crippen molar-refractivity contribution in [3.05, 3.63) is 76.1 Å². The van der Waals surface area contributed by atoms with Gasteiger partial charge in [-0.05, 0) is 77.3 Å². The lowest BCUT2D eigenvalue weighted by atomic mass is 9.62.